The van der Waals surface area contributed by atoms with E-state index in [-0.39, 0.29) is 30.5 Å². The molecule has 0 radical (unpaired) electrons. The molecule has 2 N–H and O–H groups in total. The molecule has 1 aromatic carbocycles. The van der Waals surface area contributed by atoms with E-state index in [1.807, 2.05) is 0 Å². The molecule has 8 nitrogen and oxygen atoms in total. The summed E-state index contributed by atoms with van der Waals surface area (Å²) in [6.07, 6.45) is -0.299. The molecule has 1 aliphatic heterocycles. The zero-order chi connectivity index (χ0) is 15.6. The van der Waals surface area contributed by atoms with E-state index in [1.54, 1.807) is 0 Å². The van der Waals surface area contributed by atoms with Crippen molar-refractivity contribution in [2.24, 2.45) is 0 Å². The molecule has 0 atom stereocenters. The Bertz CT molecular complexity index is 663. The van der Waals surface area contributed by atoms with Crippen molar-refractivity contribution in [1.29, 1.82) is 0 Å². The summed E-state index contributed by atoms with van der Waals surface area (Å²) in [6.45, 7) is -0.118. The average Bonchev–Trinajstić information content (AvgIpc) is 2.82. The first-order chi connectivity index (χ1) is 9.79. The van der Waals surface area contributed by atoms with E-state index in [2.05, 4.69) is 4.72 Å². The number of nitrogens with one attached hydrogen (secondary N) is 1. The maximum Gasteiger partial charge on any atom is 0.304 e. The van der Waals surface area contributed by atoms with Crippen molar-refractivity contribution in [1.82, 2.24) is 4.31 Å². The molecule has 0 spiro atoms. The summed E-state index contributed by atoms with van der Waals surface area (Å²) in [6, 6.07) is 2.85. The van der Waals surface area contributed by atoms with Gasteiger partial charge < -0.3 is 14.6 Å². The van der Waals surface area contributed by atoms with Gasteiger partial charge in [0.15, 0.2) is 11.5 Å². The van der Waals surface area contributed by atoms with E-state index in [1.165, 1.54) is 19.2 Å². The molecule has 0 aliphatic carbocycles. The zero-order valence-corrected chi connectivity index (χ0v) is 12.6. The highest BCUT2D eigenvalue weighted by Gasteiger charge is 2.22. The first-order valence-electron chi connectivity index (χ1n) is 5.84. The number of carboxylic acids is 1. The number of benzene rings is 1. The minimum absolute atomic E-state index is 0.0420. The number of fused-ring (bicyclic) bond motifs is 1. The van der Waals surface area contributed by atoms with Gasteiger partial charge in [0, 0.05) is 25.7 Å². The SMILES string of the molecule is CN(CCC(=O)O)S(=O)(=O)Nc1cc2c(cc1Cl)OCO2. The molecule has 0 fully saturated rings. The number of carbonyl (C=O) groups is 1. The van der Waals surface area contributed by atoms with Crippen LogP contribution in [0.4, 0.5) is 5.69 Å². The largest absolute Gasteiger partial charge is 0.481 e. The number of nitrogens with zero attached hydrogens (tertiary/aromatic N) is 1. The summed E-state index contributed by atoms with van der Waals surface area (Å²) in [5.74, 6) is -0.273. The lowest BCUT2D eigenvalue weighted by Gasteiger charge is -2.18. The van der Waals surface area contributed by atoms with Crippen molar-refractivity contribution in [3.8, 4) is 11.5 Å². The second kappa shape index (κ2) is 5.96. The van der Waals surface area contributed by atoms with Crippen LogP contribution in [0.3, 0.4) is 0 Å². The van der Waals surface area contributed by atoms with Crippen LogP contribution in [0.25, 0.3) is 0 Å². The summed E-state index contributed by atoms with van der Waals surface area (Å²) in [5, 5.41) is 8.72. The highest BCUT2D eigenvalue weighted by Crippen LogP contribution is 2.39. The average molecular weight is 337 g/mol. The summed E-state index contributed by atoms with van der Waals surface area (Å²) >= 11 is 5.97. The maximum atomic E-state index is 12.1. The molecule has 10 heteroatoms. The number of hydrogen-bond donors (Lipinski definition) is 2. The fourth-order valence-corrected chi connectivity index (χ4v) is 2.78. The molecule has 0 bridgehead atoms. The van der Waals surface area contributed by atoms with Gasteiger partial charge in [0.2, 0.25) is 6.79 Å². The second-order valence-corrected chi connectivity index (χ2v) is 6.44. The Morgan fingerprint density at radius 3 is 2.67 bits per heavy atom. The van der Waals surface area contributed by atoms with Crippen molar-refractivity contribution >= 4 is 33.5 Å². The summed E-state index contributed by atoms with van der Waals surface area (Å²) in [5.41, 5.74) is 0.128. The lowest BCUT2D eigenvalue weighted by atomic mass is 10.3. The molecule has 0 saturated heterocycles. The van der Waals surface area contributed by atoms with E-state index >= 15 is 0 Å². The molecule has 0 saturated carbocycles. The van der Waals surface area contributed by atoms with Crippen LogP contribution < -0.4 is 14.2 Å². The van der Waals surface area contributed by atoms with Gasteiger partial charge in [-0.3, -0.25) is 9.52 Å². The van der Waals surface area contributed by atoms with E-state index in [9.17, 15) is 13.2 Å². The van der Waals surface area contributed by atoms with Crippen molar-refractivity contribution in [2.75, 3.05) is 25.1 Å². The standard InChI is InChI=1S/C11H13ClN2O6S/c1-14(3-2-11(15)16)21(17,18)13-8-5-10-9(4-7(8)12)19-6-20-10/h4-5,13H,2-3,6H2,1H3,(H,15,16). The molecule has 0 aromatic heterocycles. The summed E-state index contributed by atoms with van der Waals surface area (Å²) < 4.78 is 37.5. The lowest BCUT2D eigenvalue weighted by molar-refractivity contribution is -0.137. The van der Waals surface area contributed by atoms with Crippen molar-refractivity contribution < 1.29 is 27.8 Å². The smallest absolute Gasteiger partial charge is 0.304 e. The molecule has 1 aromatic rings. The summed E-state index contributed by atoms with van der Waals surface area (Å²) in [7, 11) is -2.64. The number of ether oxygens (including phenoxy) is 2. The highest BCUT2D eigenvalue weighted by molar-refractivity contribution is 7.90. The van der Waals surface area contributed by atoms with Gasteiger partial charge >= 0.3 is 16.2 Å². The summed E-state index contributed by atoms with van der Waals surface area (Å²) in [4.78, 5) is 10.5. The Kier molecular flexibility index (Phi) is 4.45. The third-order valence-electron chi connectivity index (χ3n) is 2.75. The topological polar surface area (TPSA) is 105 Å². The Morgan fingerprint density at radius 2 is 2.05 bits per heavy atom. The van der Waals surface area contributed by atoms with Crippen LogP contribution in [0.2, 0.25) is 5.02 Å². The Labute approximate surface area is 126 Å². The van der Waals surface area contributed by atoms with Crippen LogP contribution in [0.1, 0.15) is 6.42 Å². The molecule has 0 amide bonds. The molecule has 116 valence electrons. The minimum atomic E-state index is -3.91. The highest BCUT2D eigenvalue weighted by atomic mass is 35.5. The number of anilines is 1. The number of halogens is 1. The molecule has 1 heterocycles. The molecule has 0 unspecified atom stereocenters. The number of aliphatic carboxylic acids is 1. The second-order valence-electron chi connectivity index (χ2n) is 4.26. The third-order valence-corrected chi connectivity index (χ3v) is 4.55. The molecule has 21 heavy (non-hydrogen) atoms. The van der Waals surface area contributed by atoms with Crippen LogP contribution >= 0.6 is 11.6 Å². The molecular formula is C11H13ClN2O6S. The fourth-order valence-electron chi connectivity index (χ4n) is 1.59. The lowest BCUT2D eigenvalue weighted by Crippen LogP contribution is -2.34. The van der Waals surface area contributed by atoms with E-state index in [4.69, 9.17) is 26.2 Å². The van der Waals surface area contributed by atoms with E-state index in [0.29, 0.717) is 11.5 Å². The number of hydrogen-bond acceptors (Lipinski definition) is 5. The van der Waals surface area contributed by atoms with Crippen LogP contribution in [0, 0.1) is 0 Å². The molecular weight excluding hydrogens is 324 g/mol. The van der Waals surface area contributed by atoms with Gasteiger partial charge in [-0.1, -0.05) is 11.6 Å². The predicted molar refractivity (Wildman–Crippen MR) is 75.0 cm³/mol. The van der Waals surface area contributed by atoms with Crippen molar-refractivity contribution in [2.45, 2.75) is 6.42 Å². The van der Waals surface area contributed by atoms with Gasteiger partial charge in [-0.25, -0.2) is 0 Å². The monoisotopic (exact) mass is 336 g/mol. The quantitative estimate of drug-likeness (QED) is 0.806. The molecule has 2 rings (SSSR count). The Hall–Kier alpha value is -1.71. The number of carboxylic acid groups (broad SMARTS) is 1. The van der Waals surface area contributed by atoms with Crippen molar-refractivity contribution in [3.63, 3.8) is 0 Å². The van der Waals surface area contributed by atoms with Crippen LogP contribution in [-0.2, 0) is 15.0 Å². The van der Waals surface area contributed by atoms with Gasteiger partial charge in [-0.05, 0) is 0 Å². The maximum absolute atomic E-state index is 12.1. The van der Waals surface area contributed by atoms with E-state index < -0.39 is 16.2 Å². The third kappa shape index (κ3) is 3.69. The van der Waals surface area contributed by atoms with Gasteiger partial charge in [0.25, 0.3) is 0 Å². The molecule has 1 aliphatic rings. The fraction of sp³-hybridized carbons (Fsp3) is 0.364. The van der Waals surface area contributed by atoms with Gasteiger partial charge in [0.1, 0.15) is 0 Å². The number of rotatable bonds is 6. The van der Waals surface area contributed by atoms with Gasteiger partial charge in [-0.2, -0.15) is 12.7 Å². The predicted octanol–water partition coefficient (Wildman–Crippen LogP) is 1.13. The van der Waals surface area contributed by atoms with Crippen LogP contribution in [0.15, 0.2) is 12.1 Å². The van der Waals surface area contributed by atoms with Crippen LogP contribution in [0.5, 0.6) is 11.5 Å². The normalized spacial score (nSPS) is 13.5. The Morgan fingerprint density at radius 1 is 1.43 bits per heavy atom. The zero-order valence-electron chi connectivity index (χ0n) is 11.0. The minimum Gasteiger partial charge on any atom is -0.481 e. The first-order valence-corrected chi connectivity index (χ1v) is 7.66. The van der Waals surface area contributed by atoms with Crippen LogP contribution in [-0.4, -0.2) is 44.2 Å². The van der Waals surface area contributed by atoms with Gasteiger partial charge in [-0.15, -0.1) is 0 Å². The van der Waals surface area contributed by atoms with Crippen molar-refractivity contribution in [3.05, 3.63) is 17.2 Å². The Balaban J connectivity index is 2.15. The van der Waals surface area contributed by atoms with Gasteiger partial charge in [0.05, 0.1) is 17.1 Å². The first kappa shape index (κ1) is 15.7. The van der Waals surface area contributed by atoms with E-state index in [0.717, 1.165) is 4.31 Å².